The number of aliphatic hydroxyl groups is 8. The minimum atomic E-state index is -1.72. The third kappa shape index (κ3) is 7.56. The molecule has 0 aromatic carbocycles. The van der Waals surface area contributed by atoms with Gasteiger partial charge in [0.2, 0.25) is 5.91 Å². The number of rotatable bonds is 12. The summed E-state index contributed by atoms with van der Waals surface area (Å²) in [6, 6.07) is -0.720. The summed E-state index contributed by atoms with van der Waals surface area (Å²) >= 11 is 0. The Hall–Kier alpha value is -3.98. The number of amides is 1. The van der Waals surface area contributed by atoms with E-state index in [4.69, 9.17) is 20.2 Å². The number of carboxylic acid groups (broad SMARTS) is 1. The number of hydrogen-bond donors (Lipinski definition) is 14. The molecule has 20 nitrogen and oxygen atoms in total. The van der Waals surface area contributed by atoms with Crippen molar-refractivity contribution in [1.29, 1.82) is 0 Å². The Morgan fingerprint density at radius 1 is 0.974 bits per heavy atom. The van der Waals surface area contributed by atoms with Gasteiger partial charge in [0.25, 0.3) is 0 Å². The lowest BCUT2D eigenvalue weighted by atomic mass is 9.28. The van der Waals surface area contributed by atoms with Crippen LogP contribution in [0.1, 0.15) is 109 Å². The van der Waals surface area contributed by atoms with Gasteiger partial charge in [-0.3, -0.25) is 9.59 Å². The maximum Gasteiger partial charge on any atom is 0.310 e. The van der Waals surface area contributed by atoms with Crippen molar-refractivity contribution < 1.29 is 65.0 Å². The van der Waals surface area contributed by atoms with E-state index in [1.807, 2.05) is 6.92 Å². The van der Waals surface area contributed by atoms with Crippen molar-refractivity contribution in [3.05, 3.63) is 41.9 Å². The molecule has 4 saturated carbocycles. The molecule has 15 N–H and O–H groups in total. The van der Waals surface area contributed by atoms with E-state index in [2.05, 4.69) is 64.3 Å². The Balaban J connectivity index is 1.15. The first kappa shape index (κ1) is 54.0. The standard InChI is InChI=1S/C56H81N7O13/c1-51(23-65)15-16-55(50(73)74)32(18-51)30-9-10-38-53(3)14-12-37-52(2,24-66)46(76-49-45(71)43(69)36(67)22-75-49)44(70)41(54(37,38)4)28(7-5-6-13-56(30,53)31-17-34-47(62-26-61-34)59-19-33(31)55)40-29(21-64)48(72)63-42(40)27(8-11-39(57)68)35-20-58-25-60-35/h9,20,25-29,31-33,36-46,49,59,64-71H,6,8,10-19,21-24,57H2,1-4H3,(H,58,60)(H,61,62)(H,63,72)(H,73,74)/t27-,28-,29-,31+,32+,33+,36-,37-,38+,39+,40+,41+,42-,43+,44-,45-,46-,49+,51+,52+,53-,54+,55-,56+/m1/s1. The fraction of sp³-hybridized carbons (Fsp3) is 0.786. The zero-order valence-electron chi connectivity index (χ0n) is 44.1. The molecule has 5 heterocycles. The predicted octanol–water partition coefficient (Wildman–Crippen LogP) is 1.36. The summed E-state index contributed by atoms with van der Waals surface area (Å²) in [6.07, 6.45) is 2.05. The van der Waals surface area contributed by atoms with Gasteiger partial charge in [-0.25, -0.2) is 9.97 Å². The maximum atomic E-state index is 14.5. The van der Waals surface area contributed by atoms with Crippen LogP contribution in [0.3, 0.4) is 0 Å². The Labute approximate surface area is 443 Å². The molecule has 6 aliphatic carbocycles. The average molecular weight is 1060 g/mol. The van der Waals surface area contributed by atoms with Crippen molar-refractivity contribution in [3.8, 4) is 11.8 Å². The lowest BCUT2D eigenvalue weighted by molar-refractivity contribution is -0.344. The molecule has 1 spiro atoms. The van der Waals surface area contributed by atoms with Crippen molar-refractivity contribution in [1.82, 2.24) is 25.3 Å². The first-order chi connectivity index (χ1) is 36.2. The van der Waals surface area contributed by atoms with E-state index in [1.165, 1.54) is 0 Å². The molecule has 0 unspecified atom stereocenters. The molecule has 0 radical (unpaired) electrons. The number of aliphatic hydroxyl groups excluding tert-OH is 8. The number of anilines is 1. The van der Waals surface area contributed by atoms with Gasteiger partial charge in [-0.05, 0) is 110 Å². The number of nitrogens with two attached hydrogens (primary N) is 1. The fourth-order valence-corrected chi connectivity index (χ4v) is 19.4. The molecule has 4 bridgehead atoms. The lowest BCUT2D eigenvalue weighted by Crippen LogP contribution is -2.75. The number of carbonyl (C=O) groups is 2. The number of aliphatic carboxylic acids is 1. The summed E-state index contributed by atoms with van der Waals surface area (Å²) in [5.74, 6) is 1.14. The molecule has 11 rings (SSSR count). The summed E-state index contributed by atoms with van der Waals surface area (Å²) in [7, 11) is 0. The summed E-state index contributed by atoms with van der Waals surface area (Å²) in [4.78, 5) is 44.8. The van der Waals surface area contributed by atoms with E-state index in [1.54, 1.807) is 18.9 Å². The molecule has 2 aromatic rings. The van der Waals surface area contributed by atoms with Crippen molar-refractivity contribution >= 4 is 17.7 Å². The molecule has 1 amide bonds. The summed E-state index contributed by atoms with van der Waals surface area (Å²) < 4.78 is 12.7. The second-order valence-electron chi connectivity index (χ2n) is 25.9. The monoisotopic (exact) mass is 1060 g/mol. The minimum Gasteiger partial charge on any atom is -0.481 e. The van der Waals surface area contributed by atoms with Crippen LogP contribution < -0.4 is 16.4 Å². The highest BCUT2D eigenvalue weighted by molar-refractivity contribution is 5.82. The first-order valence-corrected chi connectivity index (χ1v) is 27.9. The van der Waals surface area contributed by atoms with E-state index in [0.717, 1.165) is 11.3 Å². The van der Waals surface area contributed by atoms with Crippen LogP contribution >= 0.6 is 0 Å². The quantitative estimate of drug-likeness (QED) is 0.0618. The third-order valence-corrected chi connectivity index (χ3v) is 22.8. The molecule has 2 aromatic heterocycles. The number of nitrogens with one attached hydrogen (secondary N) is 4. The van der Waals surface area contributed by atoms with Crippen molar-refractivity contribution in [3.63, 3.8) is 0 Å². The highest BCUT2D eigenvalue weighted by Crippen LogP contribution is 2.81. The van der Waals surface area contributed by atoms with E-state index < -0.39 is 148 Å². The first-order valence-electron chi connectivity index (χ1n) is 27.9. The van der Waals surface area contributed by atoms with Crippen molar-refractivity contribution in [2.45, 2.75) is 153 Å². The van der Waals surface area contributed by atoms with Gasteiger partial charge >= 0.3 is 5.97 Å². The molecule has 2 saturated heterocycles. The third-order valence-electron chi connectivity index (χ3n) is 22.8. The van der Waals surface area contributed by atoms with Crippen LogP contribution in [0, 0.1) is 97.6 Å². The highest BCUT2D eigenvalue weighted by atomic mass is 16.7. The van der Waals surface area contributed by atoms with Gasteiger partial charge in [-0.1, -0.05) is 45.3 Å². The number of carboxylic acids is 1. The zero-order chi connectivity index (χ0) is 54.1. The van der Waals surface area contributed by atoms with E-state index in [9.17, 15) is 55.5 Å². The van der Waals surface area contributed by atoms with Gasteiger partial charge in [0.15, 0.2) is 6.29 Å². The number of hydrogen-bond acceptors (Lipinski definition) is 16. The van der Waals surface area contributed by atoms with Crippen LogP contribution in [-0.2, 0) is 25.5 Å². The second-order valence-corrected chi connectivity index (χ2v) is 25.9. The van der Waals surface area contributed by atoms with Crippen LogP contribution in [0.5, 0.6) is 0 Å². The minimum absolute atomic E-state index is 0.0831. The van der Waals surface area contributed by atoms with E-state index >= 15 is 0 Å². The van der Waals surface area contributed by atoms with Gasteiger partial charge in [-0.2, -0.15) is 0 Å². The van der Waals surface area contributed by atoms with Gasteiger partial charge in [0, 0.05) is 72.0 Å². The van der Waals surface area contributed by atoms with Crippen LogP contribution in [0.4, 0.5) is 5.82 Å². The Kier molecular flexibility index (Phi) is 13.8. The Morgan fingerprint density at radius 2 is 1.76 bits per heavy atom. The Bertz CT molecular complexity index is 2610. The molecule has 418 valence electrons. The fourth-order valence-electron chi connectivity index (χ4n) is 19.4. The molecular weight excluding hydrogens is 979 g/mol. The van der Waals surface area contributed by atoms with Gasteiger partial charge in [0.05, 0.1) is 61.7 Å². The van der Waals surface area contributed by atoms with E-state index in [-0.39, 0.29) is 37.4 Å². The van der Waals surface area contributed by atoms with Crippen LogP contribution in [-0.4, -0.2) is 160 Å². The van der Waals surface area contributed by atoms with Crippen molar-refractivity contribution in [2.24, 2.45) is 91.5 Å². The number of aromatic nitrogens is 4. The maximum absolute atomic E-state index is 14.5. The van der Waals surface area contributed by atoms with Gasteiger partial charge < -0.3 is 81.8 Å². The molecular formula is C56H81N7O13. The van der Waals surface area contributed by atoms with Crippen molar-refractivity contribution in [2.75, 3.05) is 38.3 Å². The van der Waals surface area contributed by atoms with E-state index in [0.29, 0.717) is 82.3 Å². The largest absolute Gasteiger partial charge is 0.481 e. The molecule has 76 heavy (non-hydrogen) atoms. The van der Waals surface area contributed by atoms with Gasteiger partial charge in [-0.15, -0.1) is 5.92 Å². The molecule has 20 heteroatoms. The summed E-state index contributed by atoms with van der Waals surface area (Å²) in [5.41, 5.74) is 3.46. The highest BCUT2D eigenvalue weighted by Gasteiger charge is 2.78. The number of H-pyrrole nitrogens is 2. The zero-order valence-corrected chi connectivity index (χ0v) is 44.1. The average Bonchev–Trinajstić information content (AvgIpc) is 4.25. The molecule has 9 aliphatic rings. The second kappa shape index (κ2) is 19.4. The molecule has 6 fully saturated rings. The molecule has 24 atom stereocenters. The normalized spacial score (nSPS) is 48.1. The van der Waals surface area contributed by atoms with Crippen LogP contribution in [0.2, 0.25) is 0 Å². The topological polar surface area (TPSA) is 342 Å². The van der Waals surface area contributed by atoms with Crippen LogP contribution in [0.25, 0.3) is 0 Å². The number of aromatic amines is 2. The summed E-state index contributed by atoms with van der Waals surface area (Å²) in [5, 5.41) is 111. The number of fused-ring (bicyclic) bond motifs is 5. The lowest BCUT2D eigenvalue weighted by Gasteiger charge is -2.76. The number of nitrogens with zero attached hydrogens (tertiary/aromatic N) is 2. The summed E-state index contributed by atoms with van der Waals surface area (Å²) in [6.45, 7) is 7.50. The number of imidazole rings is 2. The Morgan fingerprint density at radius 3 is 2.46 bits per heavy atom. The smallest absolute Gasteiger partial charge is 0.310 e. The number of allylic oxidation sites excluding steroid dienone is 2. The molecule has 3 aliphatic heterocycles. The van der Waals surface area contributed by atoms with Gasteiger partial charge in [0.1, 0.15) is 30.4 Å². The SMILES string of the molecule is C[C@]1(CO)CC[C@@]2(C(=O)O)[C@@H](C1)C1=CC[C@@H]3[C@@]4(C)[C@@H]5[C@@H](O)[C@@H](O[C@@H]6OC[C@@H](O)[C@H](O)[C@H]6O)[C@@](C)(CO)[C@H]4CC[C@@]3(C)[C@]1(CCC#C[C@@H]5[C@@H]1[C@@H]([C@H](CC[C@@H](N)O)c3cnc[nH]3)NC(=O)[C@@H]1CO)[C@H]1Cc3[nH]cnc3NC[C@@H]12. The number of carbonyl (C=O) groups excluding carboxylic acids is 1. The number of ether oxygens (including phenoxy) is 2. The predicted molar refractivity (Wildman–Crippen MR) is 273 cm³/mol. The van der Waals surface area contributed by atoms with Crippen LogP contribution in [0.15, 0.2) is 30.5 Å².